The lowest BCUT2D eigenvalue weighted by Gasteiger charge is -1.80. The van der Waals surface area contributed by atoms with Crippen LogP contribution in [0.1, 0.15) is 5.69 Å². The van der Waals surface area contributed by atoms with Crippen molar-refractivity contribution in [1.29, 1.82) is 0 Å². The summed E-state index contributed by atoms with van der Waals surface area (Å²) in [4.78, 5) is 21.1. The standard InChI is InChI=1S/C5H4N4.C4H6N2/c1-4-5(8-2-6-1)9-3-7-4;1-4-2-5-3-6-4/h1-3H,(H,6,7,8,9);2-3H,1H3,(H,5,6). The molecule has 3 rings (SSSR count). The molecule has 0 spiro atoms. The summed E-state index contributed by atoms with van der Waals surface area (Å²) in [5.74, 6) is 0. The quantitative estimate of drug-likeness (QED) is 0.571. The van der Waals surface area contributed by atoms with E-state index in [1.807, 2.05) is 6.92 Å². The largest absolute Gasteiger partial charge is 0.349 e. The Morgan fingerprint density at radius 3 is 2.53 bits per heavy atom. The first kappa shape index (κ1) is 9.32. The van der Waals surface area contributed by atoms with Crippen molar-refractivity contribution < 1.29 is 0 Å². The molecule has 0 saturated carbocycles. The molecule has 0 aliphatic heterocycles. The Kier molecular flexibility index (Phi) is 2.68. The van der Waals surface area contributed by atoms with Crippen LogP contribution in [0.2, 0.25) is 0 Å². The average Bonchev–Trinajstić information content (AvgIpc) is 2.88. The van der Waals surface area contributed by atoms with Crippen molar-refractivity contribution in [2.45, 2.75) is 6.92 Å². The molecule has 0 radical (unpaired) electrons. The molecule has 0 saturated heterocycles. The number of nitrogens with zero attached hydrogens (tertiary/aromatic N) is 4. The Bertz CT molecular complexity index is 482. The molecule has 3 aromatic heterocycles. The fourth-order valence-corrected chi connectivity index (χ4v) is 1.02. The van der Waals surface area contributed by atoms with Crippen LogP contribution in [0, 0.1) is 6.92 Å². The third-order valence-corrected chi connectivity index (χ3v) is 1.73. The maximum absolute atomic E-state index is 3.91. The lowest BCUT2D eigenvalue weighted by molar-refractivity contribution is 1.20. The normalized spacial score (nSPS) is 9.67. The number of fused-ring (bicyclic) bond motifs is 1. The molecular formula is C9H10N6. The molecule has 3 heterocycles. The minimum absolute atomic E-state index is 0.713. The van der Waals surface area contributed by atoms with Gasteiger partial charge in [0, 0.05) is 11.9 Å². The molecule has 76 valence electrons. The van der Waals surface area contributed by atoms with Crippen molar-refractivity contribution in [1.82, 2.24) is 29.9 Å². The zero-order chi connectivity index (χ0) is 10.5. The van der Waals surface area contributed by atoms with E-state index in [4.69, 9.17) is 0 Å². The number of nitrogens with one attached hydrogen (secondary N) is 2. The smallest absolute Gasteiger partial charge is 0.180 e. The van der Waals surface area contributed by atoms with Crippen LogP contribution in [0.4, 0.5) is 0 Å². The summed E-state index contributed by atoms with van der Waals surface area (Å²) in [5, 5.41) is 0. The number of hydrogen-bond acceptors (Lipinski definition) is 4. The molecule has 6 nitrogen and oxygen atoms in total. The van der Waals surface area contributed by atoms with Gasteiger partial charge in [0.25, 0.3) is 0 Å². The highest BCUT2D eigenvalue weighted by molar-refractivity contribution is 5.67. The second kappa shape index (κ2) is 4.32. The van der Waals surface area contributed by atoms with E-state index < -0.39 is 0 Å². The molecule has 3 aromatic rings. The summed E-state index contributed by atoms with van der Waals surface area (Å²) in [6, 6.07) is 0. The first-order valence-corrected chi connectivity index (χ1v) is 4.40. The Morgan fingerprint density at radius 2 is 1.93 bits per heavy atom. The summed E-state index contributed by atoms with van der Waals surface area (Å²) in [6.07, 6.45) is 8.20. The van der Waals surface area contributed by atoms with Gasteiger partial charge in [0.1, 0.15) is 11.8 Å². The monoisotopic (exact) mass is 202 g/mol. The second-order valence-corrected chi connectivity index (χ2v) is 2.90. The molecule has 0 bridgehead atoms. The van der Waals surface area contributed by atoms with Gasteiger partial charge < -0.3 is 9.97 Å². The van der Waals surface area contributed by atoms with Crippen LogP contribution in [-0.2, 0) is 0 Å². The number of imidazole rings is 2. The minimum Gasteiger partial charge on any atom is -0.349 e. The van der Waals surface area contributed by atoms with Gasteiger partial charge >= 0.3 is 0 Å². The molecule has 6 heteroatoms. The Morgan fingerprint density at radius 1 is 1.00 bits per heavy atom. The van der Waals surface area contributed by atoms with Gasteiger partial charge in [-0.2, -0.15) is 0 Å². The number of hydrogen-bond donors (Lipinski definition) is 2. The average molecular weight is 202 g/mol. The van der Waals surface area contributed by atoms with Gasteiger partial charge in [0.15, 0.2) is 5.65 Å². The van der Waals surface area contributed by atoms with Crippen LogP contribution < -0.4 is 0 Å². The molecule has 0 atom stereocenters. The topological polar surface area (TPSA) is 83.1 Å². The Hall–Kier alpha value is -2.24. The second-order valence-electron chi connectivity index (χ2n) is 2.90. The molecule has 0 aromatic carbocycles. The predicted octanol–water partition coefficient (Wildman–Crippen LogP) is 1.07. The third-order valence-electron chi connectivity index (χ3n) is 1.73. The predicted molar refractivity (Wildman–Crippen MR) is 55.0 cm³/mol. The Labute approximate surface area is 85.8 Å². The fourth-order valence-electron chi connectivity index (χ4n) is 1.02. The maximum Gasteiger partial charge on any atom is 0.180 e. The first-order valence-electron chi connectivity index (χ1n) is 4.40. The number of aromatic nitrogens is 6. The van der Waals surface area contributed by atoms with E-state index in [-0.39, 0.29) is 0 Å². The zero-order valence-corrected chi connectivity index (χ0v) is 8.18. The summed E-state index contributed by atoms with van der Waals surface area (Å²) in [6.45, 7) is 1.97. The molecule has 15 heavy (non-hydrogen) atoms. The van der Waals surface area contributed by atoms with Crippen molar-refractivity contribution in [3.63, 3.8) is 0 Å². The van der Waals surface area contributed by atoms with E-state index in [0.29, 0.717) is 5.65 Å². The van der Waals surface area contributed by atoms with E-state index in [0.717, 1.165) is 11.2 Å². The van der Waals surface area contributed by atoms with Gasteiger partial charge in [0.2, 0.25) is 0 Å². The van der Waals surface area contributed by atoms with Crippen LogP contribution in [0.5, 0.6) is 0 Å². The van der Waals surface area contributed by atoms with Gasteiger partial charge in [0.05, 0.1) is 18.9 Å². The lowest BCUT2D eigenvalue weighted by atomic mass is 10.6. The highest BCUT2D eigenvalue weighted by Crippen LogP contribution is 1.99. The maximum atomic E-state index is 3.91. The van der Waals surface area contributed by atoms with Crippen molar-refractivity contribution in [3.05, 3.63) is 37.1 Å². The first-order chi connectivity index (χ1) is 7.36. The molecule has 0 aliphatic rings. The molecule has 0 fully saturated rings. The molecule has 0 aliphatic carbocycles. The highest BCUT2D eigenvalue weighted by Gasteiger charge is 1.91. The zero-order valence-electron chi connectivity index (χ0n) is 8.18. The van der Waals surface area contributed by atoms with E-state index in [9.17, 15) is 0 Å². The molecule has 2 N–H and O–H groups in total. The van der Waals surface area contributed by atoms with Crippen LogP contribution in [-0.4, -0.2) is 29.9 Å². The van der Waals surface area contributed by atoms with Crippen LogP contribution in [0.25, 0.3) is 11.2 Å². The van der Waals surface area contributed by atoms with Gasteiger partial charge in [-0.05, 0) is 6.92 Å². The number of aryl methyl sites for hydroxylation is 1. The lowest BCUT2D eigenvalue weighted by Crippen LogP contribution is -1.76. The summed E-state index contributed by atoms with van der Waals surface area (Å²) < 4.78 is 0. The minimum atomic E-state index is 0.713. The molecule has 0 unspecified atom stereocenters. The van der Waals surface area contributed by atoms with Gasteiger partial charge in [-0.3, -0.25) is 0 Å². The van der Waals surface area contributed by atoms with Crippen LogP contribution >= 0.6 is 0 Å². The molecule has 0 amide bonds. The van der Waals surface area contributed by atoms with E-state index >= 15 is 0 Å². The highest BCUT2D eigenvalue weighted by atomic mass is 15.0. The van der Waals surface area contributed by atoms with Gasteiger partial charge in [-0.25, -0.2) is 19.9 Å². The van der Waals surface area contributed by atoms with Crippen molar-refractivity contribution in [2.24, 2.45) is 0 Å². The number of H-pyrrole nitrogens is 2. The van der Waals surface area contributed by atoms with E-state index in [1.165, 1.54) is 6.33 Å². The SMILES string of the molecule is Cc1cnc[nH]1.c1ncc2[nH]cnc2n1. The van der Waals surface area contributed by atoms with E-state index in [2.05, 4.69) is 29.9 Å². The number of aromatic amines is 2. The summed E-state index contributed by atoms with van der Waals surface area (Å²) in [7, 11) is 0. The summed E-state index contributed by atoms with van der Waals surface area (Å²) in [5.41, 5.74) is 2.69. The van der Waals surface area contributed by atoms with Crippen molar-refractivity contribution in [2.75, 3.05) is 0 Å². The summed E-state index contributed by atoms with van der Waals surface area (Å²) >= 11 is 0. The Balaban J connectivity index is 0.000000124. The molecular weight excluding hydrogens is 192 g/mol. The number of rotatable bonds is 0. The van der Waals surface area contributed by atoms with Crippen LogP contribution in [0.15, 0.2) is 31.4 Å². The van der Waals surface area contributed by atoms with Gasteiger partial charge in [-0.1, -0.05) is 0 Å². The van der Waals surface area contributed by atoms with Crippen molar-refractivity contribution >= 4 is 11.2 Å². The van der Waals surface area contributed by atoms with Gasteiger partial charge in [-0.15, -0.1) is 0 Å². The fraction of sp³-hybridized carbons (Fsp3) is 0.111. The van der Waals surface area contributed by atoms with E-state index in [1.54, 1.807) is 25.0 Å². The third kappa shape index (κ3) is 2.37. The van der Waals surface area contributed by atoms with Crippen molar-refractivity contribution in [3.8, 4) is 0 Å². The van der Waals surface area contributed by atoms with Crippen LogP contribution in [0.3, 0.4) is 0 Å².